The molecule has 2 heterocycles. The summed E-state index contributed by atoms with van der Waals surface area (Å²) >= 11 is 1.66. The van der Waals surface area contributed by atoms with Crippen molar-refractivity contribution in [2.24, 2.45) is 5.10 Å². The molecule has 1 aliphatic rings. The van der Waals surface area contributed by atoms with E-state index in [9.17, 15) is 9.59 Å². The number of nitrogens with zero attached hydrogens (tertiary/aromatic N) is 2. The molecule has 3 aromatic rings. The van der Waals surface area contributed by atoms with Gasteiger partial charge >= 0.3 is 0 Å². The number of ketones is 1. The topological polar surface area (TPSA) is 61.8 Å². The Hall–Kier alpha value is -2.99. The molecule has 0 saturated carbocycles. The molecule has 0 aliphatic carbocycles. The molecule has 1 unspecified atom stereocenters. The number of carbonyl (C=O) groups is 2. The van der Waals surface area contributed by atoms with Crippen LogP contribution < -0.4 is 10.3 Å². The highest BCUT2D eigenvalue weighted by molar-refractivity contribution is 7.17. The number of para-hydroxylation sites is 1. The van der Waals surface area contributed by atoms with Gasteiger partial charge in [0.1, 0.15) is 11.8 Å². The van der Waals surface area contributed by atoms with Crippen molar-refractivity contribution in [1.82, 2.24) is 0 Å². The van der Waals surface area contributed by atoms with E-state index >= 15 is 0 Å². The van der Waals surface area contributed by atoms with Crippen LogP contribution in [0.3, 0.4) is 0 Å². The predicted octanol–water partition coefficient (Wildman–Crippen LogP) is 4.06. The van der Waals surface area contributed by atoms with Crippen LogP contribution in [-0.4, -0.2) is 23.4 Å². The molecule has 1 aromatic heterocycles. The fourth-order valence-corrected chi connectivity index (χ4v) is 3.80. The van der Waals surface area contributed by atoms with E-state index in [0.29, 0.717) is 12.1 Å². The third kappa shape index (κ3) is 3.11. The number of fused-ring (bicyclic) bond motifs is 1. The first-order chi connectivity index (χ1) is 12.6. The van der Waals surface area contributed by atoms with Crippen LogP contribution in [0.25, 0.3) is 10.1 Å². The summed E-state index contributed by atoms with van der Waals surface area (Å²) in [6.45, 7) is 1.53. The number of anilines is 2. The van der Waals surface area contributed by atoms with Crippen LogP contribution in [0.1, 0.15) is 13.3 Å². The maximum absolute atomic E-state index is 12.7. The third-order valence-electron chi connectivity index (χ3n) is 4.37. The lowest BCUT2D eigenvalue weighted by atomic mass is 10.1. The summed E-state index contributed by atoms with van der Waals surface area (Å²) in [7, 11) is 0. The summed E-state index contributed by atoms with van der Waals surface area (Å²) in [4.78, 5) is 24.7. The molecule has 130 valence electrons. The smallest absolute Gasteiger partial charge is 0.271 e. The number of hydrazone groups is 1. The Balaban J connectivity index is 1.57. The van der Waals surface area contributed by atoms with Gasteiger partial charge in [0.15, 0.2) is 5.78 Å². The molecule has 1 atom stereocenters. The van der Waals surface area contributed by atoms with Gasteiger partial charge in [-0.3, -0.25) is 14.6 Å². The second kappa shape index (κ2) is 6.72. The minimum Gasteiger partial charge on any atom is -0.321 e. The average molecular weight is 363 g/mol. The molecule has 1 N–H and O–H groups in total. The number of hydrogen-bond donors (Lipinski definition) is 1. The van der Waals surface area contributed by atoms with E-state index in [-0.39, 0.29) is 11.7 Å². The van der Waals surface area contributed by atoms with Crippen molar-refractivity contribution >= 4 is 50.2 Å². The van der Waals surface area contributed by atoms with Gasteiger partial charge < -0.3 is 5.32 Å². The highest BCUT2D eigenvalue weighted by Gasteiger charge is 2.34. The van der Waals surface area contributed by atoms with Gasteiger partial charge in [0, 0.05) is 16.8 Å². The number of nitrogens with one attached hydrogen (secondary N) is 1. The van der Waals surface area contributed by atoms with E-state index in [1.54, 1.807) is 16.3 Å². The number of hydrogen-bond acceptors (Lipinski definition) is 5. The Morgan fingerprint density at radius 2 is 1.96 bits per heavy atom. The highest BCUT2D eigenvalue weighted by atomic mass is 32.1. The molecule has 4 rings (SSSR count). The first-order valence-corrected chi connectivity index (χ1v) is 9.20. The molecule has 0 spiro atoms. The zero-order valence-corrected chi connectivity index (χ0v) is 15.0. The first-order valence-electron chi connectivity index (χ1n) is 8.32. The number of Topliss-reactive ketones (excluding diaryl/α,β-unsaturated/α-hetero) is 1. The highest BCUT2D eigenvalue weighted by Crippen LogP contribution is 2.27. The lowest BCUT2D eigenvalue weighted by Crippen LogP contribution is -2.33. The van der Waals surface area contributed by atoms with Crippen LogP contribution in [0.4, 0.5) is 11.4 Å². The van der Waals surface area contributed by atoms with Gasteiger partial charge in [-0.2, -0.15) is 5.10 Å². The Morgan fingerprint density at radius 3 is 2.73 bits per heavy atom. The molecule has 1 amide bonds. The Kier molecular flexibility index (Phi) is 4.26. The lowest BCUT2D eigenvalue weighted by Gasteiger charge is -2.20. The SMILES string of the molecule is CC(=O)C1CC(C(=O)Nc2ccc3sccc3c2)=NN1c1ccccc1. The van der Waals surface area contributed by atoms with Crippen molar-refractivity contribution in [3.05, 3.63) is 60.0 Å². The quantitative estimate of drug-likeness (QED) is 0.760. The van der Waals surface area contributed by atoms with Gasteiger partial charge in [-0.15, -0.1) is 11.3 Å². The van der Waals surface area contributed by atoms with Gasteiger partial charge in [-0.05, 0) is 54.1 Å². The molecule has 1 aliphatic heterocycles. The van der Waals surface area contributed by atoms with Gasteiger partial charge in [-0.1, -0.05) is 18.2 Å². The number of benzene rings is 2. The van der Waals surface area contributed by atoms with E-state index in [1.807, 2.05) is 60.0 Å². The van der Waals surface area contributed by atoms with Gasteiger partial charge in [0.05, 0.1) is 5.69 Å². The zero-order valence-electron chi connectivity index (χ0n) is 14.2. The van der Waals surface area contributed by atoms with Crippen molar-refractivity contribution in [3.63, 3.8) is 0 Å². The Bertz CT molecular complexity index is 1010. The van der Waals surface area contributed by atoms with Crippen molar-refractivity contribution < 1.29 is 9.59 Å². The number of rotatable bonds is 4. The number of carbonyl (C=O) groups excluding carboxylic acids is 2. The van der Waals surface area contributed by atoms with E-state index in [1.165, 1.54) is 11.6 Å². The fourth-order valence-electron chi connectivity index (χ4n) is 3.03. The molecule has 0 saturated heterocycles. The lowest BCUT2D eigenvalue weighted by molar-refractivity contribution is -0.118. The average Bonchev–Trinajstić information content (AvgIpc) is 3.29. The van der Waals surface area contributed by atoms with E-state index in [0.717, 1.165) is 16.8 Å². The molecule has 0 bridgehead atoms. The summed E-state index contributed by atoms with van der Waals surface area (Å²) in [5.74, 6) is -0.288. The van der Waals surface area contributed by atoms with Gasteiger partial charge in [0.25, 0.3) is 5.91 Å². The van der Waals surface area contributed by atoms with Crippen LogP contribution in [0, 0.1) is 0 Å². The normalized spacial score (nSPS) is 16.6. The van der Waals surface area contributed by atoms with Gasteiger partial charge in [-0.25, -0.2) is 0 Å². The molecule has 5 nitrogen and oxygen atoms in total. The van der Waals surface area contributed by atoms with E-state index < -0.39 is 6.04 Å². The Morgan fingerprint density at radius 1 is 1.15 bits per heavy atom. The summed E-state index contributed by atoms with van der Waals surface area (Å²) in [5.41, 5.74) is 1.88. The van der Waals surface area contributed by atoms with Crippen LogP contribution in [0.15, 0.2) is 65.1 Å². The molecule has 0 fully saturated rings. The Labute approximate surface area is 154 Å². The number of thiophene rings is 1. The summed E-state index contributed by atoms with van der Waals surface area (Å²) in [6, 6.07) is 16.8. The molecule has 6 heteroatoms. The molecule has 26 heavy (non-hydrogen) atoms. The van der Waals surface area contributed by atoms with Crippen LogP contribution >= 0.6 is 11.3 Å². The summed E-state index contributed by atoms with van der Waals surface area (Å²) < 4.78 is 1.17. The standard InChI is InChI=1S/C20H17N3O2S/c1-13(24)18-12-17(22-23(18)16-5-3-2-4-6-16)20(25)21-15-7-8-19-14(11-15)9-10-26-19/h2-11,18H,12H2,1H3,(H,21,25). The number of amides is 1. The monoisotopic (exact) mass is 363 g/mol. The first kappa shape index (κ1) is 16.5. The minimum absolute atomic E-state index is 0.0138. The maximum atomic E-state index is 12.7. The van der Waals surface area contributed by atoms with Crippen molar-refractivity contribution in [2.45, 2.75) is 19.4 Å². The third-order valence-corrected chi connectivity index (χ3v) is 5.27. The fraction of sp³-hybridized carbons (Fsp3) is 0.150. The molecular weight excluding hydrogens is 346 g/mol. The molecule has 0 radical (unpaired) electrons. The van der Waals surface area contributed by atoms with Crippen LogP contribution in [-0.2, 0) is 9.59 Å². The minimum atomic E-state index is -0.447. The van der Waals surface area contributed by atoms with Crippen molar-refractivity contribution in [3.8, 4) is 0 Å². The van der Waals surface area contributed by atoms with Crippen molar-refractivity contribution in [2.75, 3.05) is 10.3 Å². The second-order valence-electron chi connectivity index (χ2n) is 6.18. The van der Waals surface area contributed by atoms with Crippen molar-refractivity contribution in [1.29, 1.82) is 0 Å². The predicted molar refractivity (Wildman–Crippen MR) is 106 cm³/mol. The zero-order chi connectivity index (χ0) is 18.1. The summed E-state index contributed by atoms with van der Waals surface area (Å²) in [5, 5.41) is 12.1. The largest absolute Gasteiger partial charge is 0.321 e. The van der Waals surface area contributed by atoms with Crippen LogP contribution in [0.2, 0.25) is 0 Å². The van der Waals surface area contributed by atoms with E-state index in [2.05, 4.69) is 10.4 Å². The van der Waals surface area contributed by atoms with E-state index in [4.69, 9.17) is 0 Å². The molecule has 2 aromatic carbocycles. The summed E-state index contributed by atoms with van der Waals surface area (Å²) in [6.07, 6.45) is 0.302. The maximum Gasteiger partial charge on any atom is 0.271 e. The van der Waals surface area contributed by atoms with Gasteiger partial charge in [0.2, 0.25) is 0 Å². The second-order valence-corrected chi connectivity index (χ2v) is 7.13. The van der Waals surface area contributed by atoms with Crippen LogP contribution in [0.5, 0.6) is 0 Å². The molecular formula is C20H17N3O2S.